The van der Waals surface area contributed by atoms with E-state index in [1.807, 2.05) is 6.92 Å². The molecular formula is C11H26N2O. The van der Waals surface area contributed by atoms with E-state index in [4.69, 9.17) is 10.5 Å². The zero-order chi connectivity index (χ0) is 10.8. The highest BCUT2D eigenvalue weighted by Gasteiger charge is 2.03. The minimum Gasteiger partial charge on any atom is -0.382 e. The molecule has 0 radical (unpaired) electrons. The van der Waals surface area contributed by atoms with Crippen LogP contribution in [0.5, 0.6) is 0 Å². The number of rotatable bonds is 9. The van der Waals surface area contributed by atoms with Crippen molar-refractivity contribution < 1.29 is 4.74 Å². The molecule has 0 heterocycles. The molecule has 1 unspecified atom stereocenters. The first kappa shape index (κ1) is 13.9. The Morgan fingerprint density at radius 2 is 2.07 bits per heavy atom. The predicted octanol–water partition coefficient (Wildman–Crippen LogP) is 1.38. The lowest BCUT2D eigenvalue weighted by Crippen LogP contribution is -2.35. The summed E-state index contributed by atoms with van der Waals surface area (Å²) in [5.41, 5.74) is 5.92. The zero-order valence-electron chi connectivity index (χ0n) is 9.88. The molecule has 3 nitrogen and oxygen atoms in total. The fourth-order valence-corrected chi connectivity index (χ4v) is 1.42. The van der Waals surface area contributed by atoms with Gasteiger partial charge in [0.15, 0.2) is 0 Å². The summed E-state index contributed by atoms with van der Waals surface area (Å²) in [6.45, 7) is 10.0. The molecule has 0 bridgehead atoms. The largest absolute Gasteiger partial charge is 0.382 e. The number of hydrogen-bond acceptors (Lipinski definition) is 3. The van der Waals surface area contributed by atoms with E-state index in [-0.39, 0.29) is 0 Å². The topological polar surface area (TPSA) is 47.3 Å². The van der Waals surface area contributed by atoms with Crippen LogP contribution < -0.4 is 11.1 Å². The maximum Gasteiger partial charge on any atom is 0.0477 e. The van der Waals surface area contributed by atoms with Crippen molar-refractivity contribution in [3.63, 3.8) is 0 Å². The maximum atomic E-state index is 5.92. The molecule has 0 aromatic carbocycles. The zero-order valence-corrected chi connectivity index (χ0v) is 9.88. The number of nitrogens with two attached hydrogens (primary N) is 1. The second kappa shape index (κ2) is 9.44. The van der Waals surface area contributed by atoms with Crippen LogP contribution >= 0.6 is 0 Å². The van der Waals surface area contributed by atoms with Crippen molar-refractivity contribution in [3.05, 3.63) is 0 Å². The van der Waals surface area contributed by atoms with E-state index in [0.717, 1.165) is 39.1 Å². The first-order chi connectivity index (χ1) is 6.66. The molecule has 0 fully saturated rings. The highest BCUT2D eigenvalue weighted by Crippen LogP contribution is 2.01. The molecule has 0 aromatic rings. The molecule has 14 heavy (non-hydrogen) atoms. The van der Waals surface area contributed by atoms with Crippen LogP contribution in [0.25, 0.3) is 0 Å². The maximum absolute atomic E-state index is 5.92. The lowest BCUT2D eigenvalue weighted by molar-refractivity contribution is 0.144. The average Bonchev–Trinajstić information content (AvgIpc) is 2.10. The Kier molecular flexibility index (Phi) is 9.35. The minimum atomic E-state index is 0.294. The Labute approximate surface area is 88.4 Å². The third-order valence-corrected chi connectivity index (χ3v) is 2.03. The highest BCUT2D eigenvalue weighted by atomic mass is 16.5. The number of nitrogens with one attached hydrogen (secondary N) is 1. The van der Waals surface area contributed by atoms with Crippen molar-refractivity contribution in [1.29, 1.82) is 0 Å². The van der Waals surface area contributed by atoms with Crippen LogP contribution in [0.1, 0.15) is 33.6 Å². The van der Waals surface area contributed by atoms with Gasteiger partial charge in [-0.2, -0.15) is 0 Å². The lowest BCUT2D eigenvalue weighted by atomic mass is 10.0. The summed E-state index contributed by atoms with van der Waals surface area (Å²) in [4.78, 5) is 0. The molecule has 3 N–H and O–H groups in total. The Morgan fingerprint density at radius 1 is 1.36 bits per heavy atom. The summed E-state index contributed by atoms with van der Waals surface area (Å²) in [7, 11) is 0. The summed E-state index contributed by atoms with van der Waals surface area (Å²) in [6.07, 6.45) is 2.17. The van der Waals surface area contributed by atoms with E-state index in [0.29, 0.717) is 12.0 Å². The number of ether oxygens (including phenoxy) is 1. The van der Waals surface area contributed by atoms with Gasteiger partial charge in [-0.1, -0.05) is 13.8 Å². The average molecular weight is 202 g/mol. The molecule has 3 heteroatoms. The van der Waals surface area contributed by atoms with Crippen molar-refractivity contribution >= 4 is 0 Å². The Bertz CT molecular complexity index is 118. The van der Waals surface area contributed by atoms with Crippen LogP contribution in [0.3, 0.4) is 0 Å². The van der Waals surface area contributed by atoms with Gasteiger partial charge in [0.2, 0.25) is 0 Å². The minimum absolute atomic E-state index is 0.294. The van der Waals surface area contributed by atoms with Gasteiger partial charge in [-0.05, 0) is 32.2 Å². The van der Waals surface area contributed by atoms with Crippen molar-refractivity contribution in [2.45, 2.75) is 39.7 Å². The normalized spacial score (nSPS) is 13.5. The van der Waals surface area contributed by atoms with Crippen LogP contribution in [0.15, 0.2) is 0 Å². The fraction of sp³-hybridized carbons (Fsp3) is 1.00. The molecule has 0 saturated carbocycles. The van der Waals surface area contributed by atoms with Gasteiger partial charge in [0.1, 0.15) is 0 Å². The molecule has 0 spiro atoms. The Morgan fingerprint density at radius 3 is 2.64 bits per heavy atom. The summed E-state index contributed by atoms with van der Waals surface area (Å²) in [5.74, 6) is 0.690. The molecule has 86 valence electrons. The van der Waals surface area contributed by atoms with Crippen LogP contribution in [0, 0.1) is 5.92 Å². The van der Waals surface area contributed by atoms with E-state index < -0.39 is 0 Å². The van der Waals surface area contributed by atoms with Crippen molar-refractivity contribution in [2.24, 2.45) is 11.7 Å². The summed E-state index contributed by atoms with van der Waals surface area (Å²) >= 11 is 0. The molecule has 0 saturated heterocycles. The second-order valence-corrected chi connectivity index (χ2v) is 4.14. The van der Waals surface area contributed by atoms with Crippen LogP contribution in [-0.4, -0.2) is 32.3 Å². The predicted molar refractivity (Wildman–Crippen MR) is 61.4 cm³/mol. The molecule has 0 aliphatic rings. The first-order valence-electron chi connectivity index (χ1n) is 5.70. The van der Waals surface area contributed by atoms with E-state index >= 15 is 0 Å². The third-order valence-electron chi connectivity index (χ3n) is 2.03. The fourth-order valence-electron chi connectivity index (χ4n) is 1.42. The van der Waals surface area contributed by atoms with Gasteiger partial charge in [0.05, 0.1) is 0 Å². The van der Waals surface area contributed by atoms with Gasteiger partial charge in [0.25, 0.3) is 0 Å². The molecule has 1 atom stereocenters. The summed E-state index contributed by atoms with van der Waals surface area (Å²) in [5, 5.41) is 3.34. The van der Waals surface area contributed by atoms with E-state index in [1.54, 1.807) is 0 Å². The smallest absolute Gasteiger partial charge is 0.0477 e. The third kappa shape index (κ3) is 9.96. The van der Waals surface area contributed by atoms with Crippen molar-refractivity contribution in [3.8, 4) is 0 Å². The summed E-state index contributed by atoms with van der Waals surface area (Å²) < 4.78 is 5.23. The van der Waals surface area contributed by atoms with Gasteiger partial charge in [0, 0.05) is 25.8 Å². The van der Waals surface area contributed by atoms with Crippen LogP contribution in [-0.2, 0) is 4.74 Å². The Hall–Kier alpha value is -0.120. The van der Waals surface area contributed by atoms with E-state index in [2.05, 4.69) is 19.2 Å². The molecule has 0 aromatic heterocycles. The Balaban J connectivity index is 3.10. The van der Waals surface area contributed by atoms with Gasteiger partial charge in [-0.15, -0.1) is 0 Å². The standard InChI is InChI=1S/C11H26N2O/c1-4-14-7-5-6-13-9-11(12)8-10(2)3/h10-11,13H,4-9,12H2,1-3H3. The van der Waals surface area contributed by atoms with Gasteiger partial charge in [-0.25, -0.2) is 0 Å². The molecule has 0 rings (SSSR count). The summed E-state index contributed by atoms with van der Waals surface area (Å²) in [6, 6.07) is 0.294. The second-order valence-electron chi connectivity index (χ2n) is 4.14. The van der Waals surface area contributed by atoms with E-state index in [9.17, 15) is 0 Å². The molecule has 0 amide bonds. The molecule has 0 aliphatic carbocycles. The van der Waals surface area contributed by atoms with Gasteiger partial charge >= 0.3 is 0 Å². The highest BCUT2D eigenvalue weighted by molar-refractivity contribution is 4.66. The SMILES string of the molecule is CCOCCCNCC(N)CC(C)C. The molecule has 0 aliphatic heterocycles. The van der Waals surface area contributed by atoms with Crippen molar-refractivity contribution in [2.75, 3.05) is 26.3 Å². The van der Waals surface area contributed by atoms with Gasteiger partial charge < -0.3 is 15.8 Å². The van der Waals surface area contributed by atoms with Crippen molar-refractivity contribution in [1.82, 2.24) is 5.32 Å². The number of hydrogen-bond donors (Lipinski definition) is 2. The first-order valence-corrected chi connectivity index (χ1v) is 5.70. The lowest BCUT2D eigenvalue weighted by Gasteiger charge is -2.14. The van der Waals surface area contributed by atoms with Crippen LogP contribution in [0.2, 0.25) is 0 Å². The quantitative estimate of drug-likeness (QED) is 0.555. The van der Waals surface area contributed by atoms with Gasteiger partial charge in [-0.3, -0.25) is 0 Å². The van der Waals surface area contributed by atoms with E-state index in [1.165, 1.54) is 0 Å². The molecular weight excluding hydrogens is 176 g/mol. The van der Waals surface area contributed by atoms with Crippen LogP contribution in [0.4, 0.5) is 0 Å². The monoisotopic (exact) mass is 202 g/mol.